The van der Waals surface area contributed by atoms with Crippen LogP contribution < -0.4 is 10.6 Å². The van der Waals surface area contributed by atoms with Crippen molar-refractivity contribution in [3.63, 3.8) is 0 Å². The van der Waals surface area contributed by atoms with Crippen LogP contribution >= 0.6 is 11.6 Å². The van der Waals surface area contributed by atoms with Gasteiger partial charge in [-0.3, -0.25) is 14.5 Å². The van der Waals surface area contributed by atoms with Crippen LogP contribution in [0.3, 0.4) is 0 Å². The molecule has 1 heterocycles. The van der Waals surface area contributed by atoms with Crippen LogP contribution in [0.15, 0.2) is 18.2 Å². The fourth-order valence-electron chi connectivity index (χ4n) is 2.96. The second-order valence-electron chi connectivity index (χ2n) is 6.18. The van der Waals surface area contributed by atoms with Crippen LogP contribution in [0.2, 0.25) is 5.02 Å². The summed E-state index contributed by atoms with van der Waals surface area (Å²) in [6.45, 7) is 5.84. The molecule has 2 N–H and O–H groups in total. The summed E-state index contributed by atoms with van der Waals surface area (Å²) in [4.78, 5) is 26.4. The Labute approximate surface area is 153 Å². The number of anilines is 1. The average Bonchev–Trinajstić information content (AvgIpc) is 2.61. The van der Waals surface area contributed by atoms with E-state index < -0.39 is 0 Å². The molecule has 7 heteroatoms. The first-order valence-electron chi connectivity index (χ1n) is 8.48. The zero-order valence-corrected chi connectivity index (χ0v) is 15.3. The second-order valence-corrected chi connectivity index (χ2v) is 6.58. The fraction of sp³-hybridized carbons (Fsp3) is 0.500. The van der Waals surface area contributed by atoms with Crippen molar-refractivity contribution in [3.8, 4) is 6.07 Å². The Kier molecular flexibility index (Phi) is 6.80. The first-order chi connectivity index (χ1) is 12.0. The van der Waals surface area contributed by atoms with Gasteiger partial charge in [0.05, 0.1) is 16.6 Å². The molecule has 2 rings (SSSR count). The van der Waals surface area contributed by atoms with Gasteiger partial charge in [0.15, 0.2) is 0 Å². The predicted molar refractivity (Wildman–Crippen MR) is 97.2 cm³/mol. The van der Waals surface area contributed by atoms with Crippen LogP contribution in [0.4, 0.5) is 5.69 Å². The minimum absolute atomic E-state index is 0.0313. The number of nitriles is 1. The van der Waals surface area contributed by atoms with Crippen molar-refractivity contribution in [2.24, 2.45) is 5.92 Å². The number of rotatable bonds is 5. The van der Waals surface area contributed by atoms with Crippen molar-refractivity contribution in [2.45, 2.75) is 32.7 Å². The molecule has 1 unspecified atom stereocenters. The van der Waals surface area contributed by atoms with Crippen LogP contribution in [0.1, 0.15) is 32.3 Å². The van der Waals surface area contributed by atoms with E-state index in [1.165, 1.54) is 0 Å². The van der Waals surface area contributed by atoms with Gasteiger partial charge in [-0.25, -0.2) is 0 Å². The molecule has 134 valence electrons. The van der Waals surface area contributed by atoms with Crippen LogP contribution in [-0.2, 0) is 9.59 Å². The second kappa shape index (κ2) is 8.84. The lowest BCUT2D eigenvalue weighted by Gasteiger charge is -2.34. The summed E-state index contributed by atoms with van der Waals surface area (Å²) in [7, 11) is 0. The summed E-state index contributed by atoms with van der Waals surface area (Å²) < 4.78 is 0. The topological polar surface area (TPSA) is 85.2 Å². The number of nitrogens with zero attached hydrogens (tertiary/aromatic N) is 2. The Morgan fingerprint density at radius 3 is 2.64 bits per heavy atom. The molecule has 1 aliphatic rings. The average molecular weight is 363 g/mol. The fourth-order valence-corrected chi connectivity index (χ4v) is 3.19. The molecule has 1 aliphatic heterocycles. The van der Waals surface area contributed by atoms with Gasteiger partial charge >= 0.3 is 0 Å². The maximum Gasteiger partial charge on any atom is 0.241 e. The Balaban J connectivity index is 1.90. The Hall–Kier alpha value is -2.10. The number of halogens is 1. The Bertz CT molecular complexity index is 678. The van der Waals surface area contributed by atoms with Crippen molar-refractivity contribution in [2.75, 3.05) is 25.0 Å². The highest BCUT2D eigenvalue weighted by Gasteiger charge is 2.29. The maximum absolute atomic E-state index is 12.5. The van der Waals surface area contributed by atoms with Crippen molar-refractivity contribution in [1.29, 1.82) is 5.26 Å². The van der Waals surface area contributed by atoms with E-state index in [4.69, 9.17) is 16.9 Å². The van der Waals surface area contributed by atoms with E-state index in [2.05, 4.69) is 15.5 Å². The molecule has 1 saturated heterocycles. The van der Waals surface area contributed by atoms with Gasteiger partial charge in [-0.05, 0) is 58.0 Å². The van der Waals surface area contributed by atoms with E-state index in [-0.39, 0.29) is 23.8 Å². The molecular weight excluding hydrogens is 340 g/mol. The monoisotopic (exact) mass is 362 g/mol. The summed E-state index contributed by atoms with van der Waals surface area (Å²) in [5, 5.41) is 14.9. The standard InChI is InChI=1S/C18H23ClN4O2/c1-3-21-18(25)13-6-8-23(9-7-13)12(2)17(24)22-15-5-4-14(11-20)16(19)10-15/h4-5,10,12-13H,3,6-9H2,1-2H3,(H,21,25)(H,22,24). The summed E-state index contributed by atoms with van der Waals surface area (Å²) in [5.74, 6) is 0.00695. The largest absolute Gasteiger partial charge is 0.356 e. The highest BCUT2D eigenvalue weighted by atomic mass is 35.5. The predicted octanol–water partition coefficient (Wildman–Crippen LogP) is 2.39. The lowest BCUT2D eigenvalue weighted by Crippen LogP contribution is -2.48. The maximum atomic E-state index is 12.5. The molecule has 0 bridgehead atoms. The number of piperidine rings is 1. The zero-order valence-electron chi connectivity index (χ0n) is 14.5. The molecule has 0 saturated carbocycles. The molecule has 25 heavy (non-hydrogen) atoms. The quantitative estimate of drug-likeness (QED) is 0.842. The highest BCUT2D eigenvalue weighted by molar-refractivity contribution is 6.32. The molecular formula is C18H23ClN4O2. The van der Waals surface area contributed by atoms with E-state index in [9.17, 15) is 9.59 Å². The molecule has 1 atom stereocenters. The van der Waals surface area contributed by atoms with E-state index in [1.54, 1.807) is 18.2 Å². The molecule has 0 aromatic heterocycles. The number of carbonyl (C=O) groups excluding carboxylic acids is 2. The van der Waals surface area contributed by atoms with Crippen LogP contribution in [0, 0.1) is 17.2 Å². The van der Waals surface area contributed by atoms with Crippen molar-refractivity contribution >= 4 is 29.1 Å². The lowest BCUT2D eigenvalue weighted by molar-refractivity contribution is -0.127. The van der Waals surface area contributed by atoms with Crippen LogP contribution in [-0.4, -0.2) is 42.4 Å². The summed E-state index contributed by atoms with van der Waals surface area (Å²) >= 11 is 5.99. The summed E-state index contributed by atoms with van der Waals surface area (Å²) in [6, 6.07) is 6.51. The van der Waals surface area contributed by atoms with Crippen molar-refractivity contribution in [3.05, 3.63) is 28.8 Å². The number of hydrogen-bond acceptors (Lipinski definition) is 4. The van der Waals surface area contributed by atoms with E-state index in [1.807, 2.05) is 19.9 Å². The van der Waals surface area contributed by atoms with Gasteiger partial charge in [-0.2, -0.15) is 5.26 Å². The third-order valence-electron chi connectivity index (χ3n) is 4.54. The van der Waals surface area contributed by atoms with Gasteiger partial charge in [0.1, 0.15) is 6.07 Å². The number of amides is 2. The summed E-state index contributed by atoms with van der Waals surface area (Å²) in [6.07, 6.45) is 1.51. The summed E-state index contributed by atoms with van der Waals surface area (Å²) in [5.41, 5.74) is 0.943. The van der Waals surface area contributed by atoms with E-state index in [0.717, 1.165) is 12.8 Å². The molecule has 0 spiro atoms. The van der Waals surface area contributed by atoms with E-state index in [0.29, 0.717) is 35.9 Å². The lowest BCUT2D eigenvalue weighted by atomic mass is 9.95. The number of likely N-dealkylation sites (tertiary alicyclic amines) is 1. The first-order valence-corrected chi connectivity index (χ1v) is 8.86. The van der Waals surface area contributed by atoms with Gasteiger partial charge in [-0.15, -0.1) is 0 Å². The van der Waals surface area contributed by atoms with Gasteiger partial charge in [0, 0.05) is 18.2 Å². The zero-order chi connectivity index (χ0) is 18.4. The SMILES string of the molecule is CCNC(=O)C1CCN(C(C)C(=O)Nc2ccc(C#N)c(Cl)c2)CC1. The van der Waals surface area contributed by atoms with E-state index >= 15 is 0 Å². The smallest absolute Gasteiger partial charge is 0.241 e. The molecule has 1 fully saturated rings. The first kappa shape index (κ1) is 19.2. The van der Waals surface area contributed by atoms with Gasteiger partial charge in [0.2, 0.25) is 11.8 Å². The number of hydrogen-bond donors (Lipinski definition) is 2. The Morgan fingerprint density at radius 1 is 1.40 bits per heavy atom. The number of carbonyl (C=O) groups is 2. The molecule has 1 aromatic carbocycles. The molecule has 6 nitrogen and oxygen atoms in total. The van der Waals surface area contributed by atoms with Gasteiger partial charge in [0.25, 0.3) is 0 Å². The molecule has 0 aliphatic carbocycles. The third kappa shape index (κ3) is 4.94. The number of nitrogens with one attached hydrogen (secondary N) is 2. The minimum atomic E-state index is -0.301. The van der Waals surface area contributed by atoms with Gasteiger partial charge in [-0.1, -0.05) is 11.6 Å². The number of benzene rings is 1. The Morgan fingerprint density at radius 2 is 2.08 bits per heavy atom. The van der Waals surface area contributed by atoms with Crippen molar-refractivity contribution < 1.29 is 9.59 Å². The normalized spacial score (nSPS) is 16.7. The highest BCUT2D eigenvalue weighted by Crippen LogP contribution is 2.22. The van der Waals surface area contributed by atoms with Crippen LogP contribution in [0.25, 0.3) is 0 Å². The molecule has 1 aromatic rings. The molecule has 2 amide bonds. The molecule has 0 radical (unpaired) electrons. The van der Waals surface area contributed by atoms with Crippen LogP contribution in [0.5, 0.6) is 0 Å². The van der Waals surface area contributed by atoms with Gasteiger partial charge < -0.3 is 10.6 Å². The van der Waals surface area contributed by atoms with Crippen molar-refractivity contribution in [1.82, 2.24) is 10.2 Å². The minimum Gasteiger partial charge on any atom is -0.356 e. The third-order valence-corrected chi connectivity index (χ3v) is 4.85.